The number of carboxylic acid groups (broad SMARTS) is 1. The lowest BCUT2D eigenvalue weighted by Crippen LogP contribution is -2.13. The van der Waals surface area contributed by atoms with E-state index in [0.717, 1.165) is 37.7 Å². The van der Waals surface area contributed by atoms with E-state index in [4.69, 9.17) is 5.11 Å². The molecule has 2 N–H and O–H groups in total. The zero-order valence-electron chi connectivity index (χ0n) is 18.9. The maximum Gasteiger partial charge on any atom is 0.303 e. The number of carbonyl (C=O) groups is 2. The summed E-state index contributed by atoms with van der Waals surface area (Å²) in [5.41, 5.74) is 3.88. The van der Waals surface area contributed by atoms with Crippen LogP contribution in [0.5, 0.6) is 0 Å². The number of carboxylic acids is 1. The van der Waals surface area contributed by atoms with E-state index in [1.165, 1.54) is 11.1 Å². The van der Waals surface area contributed by atoms with Crippen molar-refractivity contribution in [2.45, 2.75) is 70.3 Å². The minimum Gasteiger partial charge on any atom is -0.481 e. The minimum absolute atomic E-state index is 0.0230. The molecule has 1 saturated carbocycles. The van der Waals surface area contributed by atoms with Gasteiger partial charge in [0.05, 0.1) is 6.10 Å². The molecular weight excluding hydrogens is 400 g/mol. The number of aliphatic carboxylic acids is 1. The van der Waals surface area contributed by atoms with Crippen molar-refractivity contribution in [3.05, 3.63) is 71.8 Å². The first-order valence-electron chi connectivity index (χ1n) is 11.9. The van der Waals surface area contributed by atoms with Crippen molar-refractivity contribution in [3.63, 3.8) is 0 Å². The standard InChI is InChI=1S/C28H36O4/c1-20-17-27(30)26(13-4-2-3-5-14-28(31)32)25(20)16-15-24(29)12-8-9-21-18-22-10-6-7-11-23(22)19-21/h2,4,6-7,10-11,15-16,21,24-26,29H,1,3,5,8-9,12-14,17-19H2,(H,31,32)/t24?,25-,26+/m0/s1. The van der Waals surface area contributed by atoms with Gasteiger partial charge in [0, 0.05) is 24.7 Å². The number of fused-ring (bicyclic) bond motifs is 1. The van der Waals surface area contributed by atoms with Crippen molar-refractivity contribution < 1.29 is 19.8 Å². The fourth-order valence-corrected chi connectivity index (χ4v) is 5.05. The van der Waals surface area contributed by atoms with Gasteiger partial charge in [0.1, 0.15) is 5.78 Å². The fourth-order valence-electron chi connectivity index (χ4n) is 5.05. The Labute approximate surface area is 191 Å². The predicted molar refractivity (Wildman–Crippen MR) is 127 cm³/mol. The number of allylic oxidation sites excluding steroid dienone is 4. The van der Waals surface area contributed by atoms with Crippen molar-refractivity contribution >= 4 is 11.8 Å². The molecule has 0 bridgehead atoms. The summed E-state index contributed by atoms with van der Waals surface area (Å²) in [6.45, 7) is 4.08. The van der Waals surface area contributed by atoms with Gasteiger partial charge in [0.2, 0.25) is 0 Å². The molecule has 3 atom stereocenters. The van der Waals surface area contributed by atoms with Gasteiger partial charge in [-0.3, -0.25) is 9.59 Å². The van der Waals surface area contributed by atoms with Crippen molar-refractivity contribution in [1.29, 1.82) is 0 Å². The van der Waals surface area contributed by atoms with Gasteiger partial charge in [-0.25, -0.2) is 0 Å². The number of benzene rings is 1. The summed E-state index contributed by atoms with van der Waals surface area (Å²) < 4.78 is 0. The Bertz CT molecular complexity index is 841. The normalized spacial score (nSPS) is 22.3. The van der Waals surface area contributed by atoms with Gasteiger partial charge in [0.25, 0.3) is 0 Å². The monoisotopic (exact) mass is 436 g/mol. The molecule has 0 aliphatic heterocycles. The number of carbonyl (C=O) groups excluding carboxylic acids is 1. The molecule has 0 heterocycles. The van der Waals surface area contributed by atoms with Crippen LogP contribution < -0.4 is 0 Å². The second kappa shape index (κ2) is 12.0. The van der Waals surface area contributed by atoms with E-state index < -0.39 is 12.1 Å². The highest BCUT2D eigenvalue weighted by atomic mass is 16.4. The Balaban J connectivity index is 1.40. The molecular formula is C28H36O4. The first-order valence-corrected chi connectivity index (χ1v) is 11.9. The number of rotatable bonds is 12. The van der Waals surface area contributed by atoms with Crippen LogP contribution in [0.25, 0.3) is 0 Å². The molecule has 1 fully saturated rings. The molecule has 0 saturated heterocycles. The summed E-state index contributed by atoms with van der Waals surface area (Å²) >= 11 is 0. The molecule has 2 aliphatic carbocycles. The quantitative estimate of drug-likeness (QED) is 0.337. The summed E-state index contributed by atoms with van der Waals surface area (Å²) in [4.78, 5) is 23.0. The predicted octanol–water partition coefficient (Wildman–Crippen LogP) is 5.45. The van der Waals surface area contributed by atoms with E-state index in [-0.39, 0.29) is 24.0 Å². The fraction of sp³-hybridized carbons (Fsp3) is 0.500. The third-order valence-electron chi connectivity index (χ3n) is 6.83. The average Bonchev–Trinajstić information content (AvgIpc) is 3.28. The molecule has 1 unspecified atom stereocenters. The minimum atomic E-state index is -0.780. The topological polar surface area (TPSA) is 74.6 Å². The van der Waals surface area contributed by atoms with Crippen LogP contribution in [0.3, 0.4) is 0 Å². The van der Waals surface area contributed by atoms with Crippen molar-refractivity contribution in [2.24, 2.45) is 17.8 Å². The lowest BCUT2D eigenvalue weighted by molar-refractivity contribution is -0.137. The lowest BCUT2D eigenvalue weighted by Gasteiger charge is -2.15. The number of ketones is 1. The molecule has 1 aromatic rings. The maximum atomic E-state index is 12.4. The maximum absolute atomic E-state index is 12.4. The molecule has 0 amide bonds. The van der Waals surface area contributed by atoms with E-state index in [1.807, 2.05) is 24.3 Å². The highest BCUT2D eigenvalue weighted by Crippen LogP contribution is 2.36. The van der Waals surface area contributed by atoms with Gasteiger partial charge in [-0.05, 0) is 62.0 Å². The number of hydrogen-bond donors (Lipinski definition) is 2. The Hall–Kier alpha value is -2.46. The highest BCUT2D eigenvalue weighted by molar-refractivity contribution is 5.87. The highest BCUT2D eigenvalue weighted by Gasteiger charge is 2.34. The molecule has 1 aromatic carbocycles. The lowest BCUT2D eigenvalue weighted by atomic mass is 9.89. The molecule has 4 nitrogen and oxygen atoms in total. The van der Waals surface area contributed by atoms with Crippen LogP contribution in [0.15, 0.2) is 60.7 Å². The molecule has 0 aromatic heterocycles. The Morgan fingerprint density at radius 2 is 1.88 bits per heavy atom. The molecule has 2 aliphatic rings. The van der Waals surface area contributed by atoms with E-state index in [9.17, 15) is 14.7 Å². The first kappa shape index (κ1) is 24.2. The summed E-state index contributed by atoms with van der Waals surface area (Å²) in [5, 5.41) is 19.1. The summed E-state index contributed by atoms with van der Waals surface area (Å²) in [5.74, 6) is -0.0424. The van der Waals surface area contributed by atoms with Crippen LogP contribution in [0.4, 0.5) is 0 Å². The summed E-state index contributed by atoms with van der Waals surface area (Å²) in [7, 11) is 0. The Kier molecular flexibility index (Phi) is 9.04. The number of hydrogen-bond acceptors (Lipinski definition) is 3. The van der Waals surface area contributed by atoms with Crippen molar-refractivity contribution in [1.82, 2.24) is 0 Å². The summed E-state index contributed by atoms with van der Waals surface area (Å²) in [6, 6.07) is 8.68. The average molecular weight is 437 g/mol. The second-order valence-corrected chi connectivity index (χ2v) is 9.35. The number of aliphatic hydroxyl groups is 1. The Morgan fingerprint density at radius 3 is 2.56 bits per heavy atom. The van der Waals surface area contributed by atoms with E-state index in [1.54, 1.807) is 0 Å². The number of Topliss-reactive ketones (excluding diaryl/α,β-unsaturated/α-hetero) is 1. The van der Waals surface area contributed by atoms with Crippen LogP contribution in [0, 0.1) is 17.8 Å². The van der Waals surface area contributed by atoms with Crippen LogP contribution in [0.2, 0.25) is 0 Å². The molecule has 0 radical (unpaired) electrons. The van der Waals surface area contributed by atoms with E-state index in [2.05, 4.69) is 30.8 Å². The molecule has 172 valence electrons. The zero-order chi connectivity index (χ0) is 22.9. The molecule has 3 rings (SSSR count). The van der Waals surface area contributed by atoms with Crippen molar-refractivity contribution in [3.8, 4) is 0 Å². The van der Waals surface area contributed by atoms with Crippen LogP contribution >= 0.6 is 0 Å². The van der Waals surface area contributed by atoms with Gasteiger partial charge in [-0.1, -0.05) is 67.1 Å². The first-order chi connectivity index (χ1) is 15.4. The van der Waals surface area contributed by atoms with Gasteiger partial charge in [-0.2, -0.15) is 0 Å². The van der Waals surface area contributed by atoms with Gasteiger partial charge < -0.3 is 10.2 Å². The molecule has 32 heavy (non-hydrogen) atoms. The second-order valence-electron chi connectivity index (χ2n) is 9.35. The number of unbranched alkanes of at least 4 members (excludes halogenated alkanes) is 1. The number of aliphatic hydroxyl groups excluding tert-OH is 1. The molecule has 4 heteroatoms. The third kappa shape index (κ3) is 7.03. The van der Waals surface area contributed by atoms with Crippen LogP contribution in [-0.2, 0) is 22.4 Å². The third-order valence-corrected chi connectivity index (χ3v) is 6.83. The largest absolute Gasteiger partial charge is 0.481 e. The van der Waals surface area contributed by atoms with Gasteiger partial charge >= 0.3 is 5.97 Å². The van der Waals surface area contributed by atoms with Gasteiger partial charge in [0.15, 0.2) is 0 Å². The van der Waals surface area contributed by atoms with Crippen LogP contribution in [-0.4, -0.2) is 28.1 Å². The van der Waals surface area contributed by atoms with E-state index in [0.29, 0.717) is 31.6 Å². The summed E-state index contributed by atoms with van der Waals surface area (Å²) in [6.07, 6.45) is 15.0. The zero-order valence-corrected chi connectivity index (χ0v) is 18.9. The van der Waals surface area contributed by atoms with E-state index >= 15 is 0 Å². The van der Waals surface area contributed by atoms with Crippen molar-refractivity contribution in [2.75, 3.05) is 0 Å². The van der Waals surface area contributed by atoms with Crippen LogP contribution in [0.1, 0.15) is 62.5 Å². The Morgan fingerprint density at radius 1 is 1.16 bits per heavy atom. The smallest absolute Gasteiger partial charge is 0.303 e. The SMILES string of the molecule is C=C1CC(=O)[C@H](CC=CCCCC(=O)O)[C@H]1C=CC(O)CCCC1Cc2ccccc2C1. The molecule has 0 spiro atoms. The van der Waals surface area contributed by atoms with Gasteiger partial charge in [-0.15, -0.1) is 0 Å².